The van der Waals surface area contributed by atoms with Crippen molar-refractivity contribution in [1.29, 1.82) is 0 Å². The second-order valence-electron chi connectivity index (χ2n) is 8.63. The first kappa shape index (κ1) is 19.9. The van der Waals surface area contributed by atoms with Crippen molar-refractivity contribution in [3.05, 3.63) is 36.2 Å². The summed E-state index contributed by atoms with van der Waals surface area (Å²) in [6, 6.07) is 5.56. The van der Waals surface area contributed by atoms with Gasteiger partial charge in [0, 0.05) is 31.2 Å². The maximum absolute atomic E-state index is 13.1. The molecule has 29 heavy (non-hydrogen) atoms. The van der Waals surface area contributed by atoms with Crippen molar-refractivity contribution in [2.45, 2.75) is 57.5 Å². The monoisotopic (exact) mass is 398 g/mol. The van der Waals surface area contributed by atoms with Crippen LogP contribution in [0.15, 0.2) is 30.6 Å². The first-order valence-electron chi connectivity index (χ1n) is 10.7. The van der Waals surface area contributed by atoms with Gasteiger partial charge in [-0.25, -0.2) is 4.52 Å². The van der Waals surface area contributed by atoms with Crippen LogP contribution in [-0.4, -0.2) is 56.7 Å². The van der Waals surface area contributed by atoms with Crippen molar-refractivity contribution in [1.82, 2.24) is 19.8 Å². The van der Waals surface area contributed by atoms with E-state index in [1.54, 1.807) is 16.9 Å². The summed E-state index contributed by atoms with van der Waals surface area (Å²) < 4.78 is 1.65. The van der Waals surface area contributed by atoms with E-state index >= 15 is 0 Å². The normalized spacial score (nSPS) is 20.7. The van der Waals surface area contributed by atoms with Crippen molar-refractivity contribution < 1.29 is 14.7 Å². The maximum Gasteiger partial charge on any atom is 0.255 e. The number of nitrogens with one attached hydrogen (secondary N) is 1. The molecule has 1 aliphatic heterocycles. The number of hydrogen-bond acceptors (Lipinski definition) is 4. The lowest BCUT2D eigenvalue weighted by Crippen LogP contribution is -2.54. The molecule has 2 fully saturated rings. The minimum atomic E-state index is -0.982. The van der Waals surface area contributed by atoms with Crippen LogP contribution in [0.2, 0.25) is 0 Å². The Morgan fingerprint density at radius 1 is 1.17 bits per heavy atom. The topological polar surface area (TPSA) is 86.9 Å². The largest absolute Gasteiger partial charge is 0.388 e. The molecule has 0 atom stereocenters. The van der Waals surface area contributed by atoms with Gasteiger partial charge in [0.25, 0.3) is 5.91 Å². The van der Waals surface area contributed by atoms with Gasteiger partial charge in [-0.1, -0.05) is 25.8 Å². The SMILES string of the molecule is CCC1(C(=O)N2CCC(O)(CNC(=O)c3cnn4ccccc34)CC2)CCCC1. The molecule has 2 N–H and O–H groups in total. The molecule has 3 heterocycles. The van der Waals surface area contributed by atoms with Crippen LogP contribution in [0.4, 0.5) is 0 Å². The first-order valence-corrected chi connectivity index (χ1v) is 10.7. The zero-order valence-corrected chi connectivity index (χ0v) is 17.1. The van der Waals surface area contributed by atoms with Crippen LogP contribution in [0.1, 0.15) is 62.2 Å². The summed E-state index contributed by atoms with van der Waals surface area (Å²) in [6.45, 7) is 3.38. The number of nitrogens with zero attached hydrogens (tertiary/aromatic N) is 3. The minimum absolute atomic E-state index is 0.178. The number of fused-ring (bicyclic) bond motifs is 1. The van der Waals surface area contributed by atoms with Gasteiger partial charge >= 0.3 is 0 Å². The summed E-state index contributed by atoms with van der Waals surface area (Å²) >= 11 is 0. The lowest BCUT2D eigenvalue weighted by molar-refractivity contribution is -0.146. The molecule has 4 rings (SSSR count). The Morgan fingerprint density at radius 3 is 2.59 bits per heavy atom. The van der Waals surface area contributed by atoms with Gasteiger partial charge in [-0.2, -0.15) is 5.10 Å². The maximum atomic E-state index is 13.1. The Morgan fingerprint density at radius 2 is 1.90 bits per heavy atom. The summed E-state index contributed by atoms with van der Waals surface area (Å²) in [5.74, 6) is 0.0176. The zero-order valence-electron chi connectivity index (χ0n) is 17.1. The third-order valence-corrected chi connectivity index (χ3v) is 6.92. The number of carbonyl (C=O) groups is 2. The molecule has 0 spiro atoms. The van der Waals surface area contributed by atoms with Gasteiger partial charge in [-0.05, 0) is 44.2 Å². The van der Waals surface area contributed by atoms with E-state index in [1.807, 2.05) is 23.1 Å². The van der Waals surface area contributed by atoms with Crippen LogP contribution >= 0.6 is 0 Å². The fraction of sp³-hybridized carbons (Fsp3) is 0.591. The molecule has 7 heteroatoms. The molecule has 1 saturated carbocycles. The molecular weight excluding hydrogens is 368 g/mol. The Balaban J connectivity index is 1.34. The Bertz CT molecular complexity index is 892. The van der Waals surface area contributed by atoms with Crippen molar-refractivity contribution >= 4 is 17.3 Å². The number of rotatable bonds is 5. The third-order valence-electron chi connectivity index (χ3n) is 6.92. The Hall–Kier alpha value is -2.41. The smallest absolute Gasteiger partial charge is 0.255 e. The molecule has 0 bridgehead atoms. The van der Waals surface area contributed by atoms with Gasteiger partial charge in [0.05, 0.1) is 22.9 Å². The number of piperidine rings is 1. The first-order chi connectivity index (χ1) is 14.0. The van der Waals surface area contributed by atoms with E-state index in [0.29, 0.717) is 31.5 Å². The number of aromatic nitrogens is 2. The van der Waals surface area contributed by atoms with Crippen LogP contribution in [0.25, 0.3) is 5.52 Å². The van der Waals surface area contributed by atoms with E-state index in [9.17, 15) is 14.7 Å². The van der Waals surface area contributed by atoms with E-state index in [0.717, 1.165) is 37.6 Å². The standard InChI is InChI=1S/C22H30N4O3/c1-2-21(8-4-5-9-21)20(28)25-13-10-22(29,11-14-25)16-23-19(27)17-15-24-26-12-6-3-7-18(17)26/h3,6-7,12,15,29H,2,4-5,8-11,13-14,16H2,1H3,(H,23,27). The van der Waals surface area contributed by atoms with E-state index in [4.69, 9.17) is 0 Å². The molecule has 0 unspecified atom stereocenters. The molecular formula is C22H30N4O3. The van der Waals surface area contributed by atoms with Crippen LogP contribution in [-0.2, 0) is 4.79 Å². The highest BCUT2D eigenvalue weighted by Crippen LogP contribution is 2.43. The molecule has 156 valence electrons. The molecule has 7 nitrogen and oxygen atoms in total. The summed E-state index contributed by atoms with van der Waals surface area (Å²) in [6.07, 6.45) is 9.42. The van der Waals surface area contributed by atoms with Gasteiger partial charge in [0.15, 0.2) is 0 Å². The highest BCUT2D eigenvalue weighted by atomic mass is 16.3. The van der Waals surface area contributed by atoms with Crippen LogP contribution in [0.3, 0.4) is 0 Å². The third kappa shape index (κ3) is 3.75. The Kier molecular flexibility index (Phi) is 5.34. The second kappa shape index (κ2) is 7.78. The predicted octanol–water partition coefficient (Wildman–Crippen LogP) is 2.39. The van der Waals surface area contributed by atoms with Crippen LogP contribution in [0, 0.1) is 5.41 Å². The van der Waals surface area contributed by atoms with E-state index in [1.165, 1.54) is 0 Å². The lowest BCUT2D eigenvalue weighted by Gasteiger charge is -2.41. The highest BCUT2D eigenvalue weighted by molar-refractivity contribution is 6.00. The molecule has 2 amide bonds. The zero-order chi connectivity index (χ0) is 20.5. The van der Waals surface area contributed by atoms with Gasteiger partial charge < -0.3 is 15.3 Å². The van der Waals surface area contributed by atoms with Gasteiger partial charge in [-0.3, -0.25) is 9.59 Å². The summed E-state index contributed by atoms with van der Waals surface area (Å²) in [4.78, 5) is 27.6. The number of carbonyl (C=O) groups excluding carboxylic acids is 2. The van der Waals surface area contributed by atoms with E-state index in [-0.39, 0.29) is 23.8 Å². The van der Waals surface area contributed by atoms with Gasteiger partial charge in [0.2, 0.25) is 5.91 Å². The molecule has 0 radical (unpaired) electrons. The molecule has 2 aromatic heterocycles. The quantitative estimate of drug-likeness (QED) is 0.810. The summed E-state index contributed by atoms with van der Waals surface area (Å²) in [5, 5.41) is 18.0. The number of pyridine rings is 1. The van der Waals surface area contributed by atoms with Crippen molar-refractivity contribution in [3.63, 3.8) is 0 Å². The fourth-order valence-corrected chi connectivity index (χ4v) is 4.86. The second-order valence-corrected chi connectivity index (χ2v) is 8.63. The van der Waals surface area contributed by atoms with Crippen molar-refractivity contribution in [2.75, 3.05) is 19.6 Å². The molecule has 2 aliphatic rings. The van der Waals surface area contributed by atoms with Crippen LogP contribution in [0.5, 0.6) is 0 Å². The molecule has 1 saturated heterocycles. The number of aliphatic hydroxyl groups is 1. The average Bonchev–Trinajstić information content (AvgIpc) is 3.40. The van der Waals surface area contributed by atoms with E-state index in [2.05, 4.69) is 17.3 Å². The summed E-state index contributed by atoms with van der Waals surface area (Å²) in [5.41, 5.74) is 0.0595. The minimum Gasteiger partial charge on any atom is -0.388 e. The van der Waals surface area contributed by atoms with Gasteiger partial charge in [-0.15, -0.1) is 0 Å². The number of likely N-dealkylation sites (tertiary alicyclic amines) is 1. The summed E-state index contributed by atoms with van der Waals surface area (Å²) in [7, 11) is 0. The number of hydrogen-bond donors (Lipinski definition) is 2. The lowest BCUT2D eigenvalue weighted by atomic mass is 9.80. The van der Waals surface area contributed by atoms with Crippen molar-refractivity contribution in [3.8, 4) is 0 Å². The molecule has 0 aromatic carbocycles. The number of amides is 2. The van der Waals surface area contributed by atoms with E-state index < -0.39 is 5.60 Å². The molecule has 2 aromatic rings. The Labute approximate surface area is 171 Å². The van der Waals surface area contributed by atoms with Gasteiger partial charge in [0.1, 0.15) is 0 Å². The average molecular weight is 399 g/mol. The van der Waals surface area contributed by atoms with Crippen LogP contribution < -0.4 is 5.32 Å². The molecule has 1 aliphatic carbocycles. The van der Waals surface area contributed by atoms with Crippen molar-refractivity contribution in [2.24, 2.45) is 5.41 Å². The highest BCUT2D eigenvalue weighted by Gasteiger charge is 2.44. The predicted molar refractivity (Wildman–Crippen MR) is 109 cm³/mol. The fourth-order valence-electron chi connectivity index (χ4n) is 4.86.